The summed E-state index contributed by atoms with van der Waals surface area (Å²) in [5.41, 5.74) is 1.25. The average Bonchev–Trinajstić information content (AvgIpc) is 2.51. The Labute approximate surface area is 135 Å². The first kappa shape index (κ1) is 16.9. The molecule has 0 unspecified atom stereocenters. The summed E-state index contributed by atoms with van der Waals surface area (Å²) < 4.78 is 0. The Kier molecular flexibility index (Phi) is 5.62. The number of amides is 1. The largest absolute Gasteiger partial charge is 0.353 e. The van der Waals surface area contributed by atoms with E-state index in [1.165, 1.54) is 0 Å². The van der Waals surface area contributed by atoms with Gasteiger partial charge in [-0.05, 0) is 32.4 Å². The van der Waals surface area contributed by atoms with E-state index in [1.807, 2.05) is 13.0 Å². The third kappa shape index (κ3) is 4.48. The molecule has 0 fully saturated rings. The second-order valence-electron chi connectivity index (χ2n) is 5.63. The number of carbonyl (C=O) groups excluding carboxylic acids is 1. The van der Waals surface area contributed by atoms with Crippen molar-refractivity contribution < 1.29 is 4.79 Å². The van der Waals surface area contributed by atoms with E-state index in [1.54, 1.807) is 25.3 Å². The van der Waals surface area contributed by atoms with Crippen LogP contribution in [0.15, 0.2) is 29.2 Å². The minimum atomic E-state index is -0.295. The Bertz CT molecular complexity index is 725. The third-order valence-corrected chi connectivity index (χ3v) is 3.60. The number of pyridine rings is 1. The van der Waals surface area contributed by atoms with Gasteiger partial charge in [0.25, 0.3) is 5.56 Å². The minimum absolute atomic E-state index is 0.0325. The lowest BCUT2D eigenvalue weighted by Gasteiger charge is -2.13. The van der Waals surface area contributed by atoms with E-state index in [9.17, 15) is 9.59 Å². The maximum Gasteiger partial charge on any atom is 0.255 e. The van der Waals surface area contributed by atoms with Crippen molar-refractivity contribution in [2.45, 2.75) is 46.1 Å². The molecule has 2 rings (SSSR count). The number of aromatic nitrogens is 3. The first-order chi connectivity index (χ1) is 11.0. The fraction of sp³-hybridized carbons (Fsp3) is 0.412. The summed E-state index contributed by atoms with van der Waals surface area (Å²) in [6.45, 7) is 5.76. The maximum absolute atomic E-state index is 12.3. The standard InChI is InChI=1S/C17H22N4O2/c1-4-7-11(2)19-15(22)10-13-12(3)20-16(21-17(13)23)14-8-5-6-9-18-14/h5-6,8-9,11H,4,7,10H2,1-3H3,(H,19,22)(H,20,21,23)/t11-/m0/s1. The number of nitrogens with zero attached hydrogens (tertiary/aromatic N) is 2. The molecule has 0 saturated carbocycles. The van der Waals surface area contributed by atoms with Crippen molar-refractivity contribution in [3.05, 3.63) is 46.0 Å². The van der Waals surface area contributed by atoms with Crippen molar-refractivity contribution in [2.24, 2.45) is 0 Å². The summed E-state index contributed by atoms with van der Waals surface area (Å²) >= 11 is 0. The molecule has 6 nitrogen and oxygen atoms in total. The molecule has 0 spiro atoms. The average molecular weight is 314 g/mol. The molecular weight excluding hydrogens is 292 g/mol. The molecule has 0 aliphatic carbocycles. The predicted octanol–water partition coefficient (Wildman–Crippen LogP) is 1.99. The first-order valence-corrected chi connectivity index (χ1v) is 7.81. The molecule has 2 heterocycles. The van der Waals surface area contributed by atoms with Crippen molar-refractivity contribution in [3.63, 3.8) is 0 Å². The number of H-pyrrole nitrogens is 1. The van der Waals surface area contributed by atoms with Gasteiger partial charge in [0, 0.05) is 23.5 Å². The van der Waals surface area contributed by atoms with Crippen LogP contribution in [0.25, 0.3) is 11.5 Å². The van der Waals surface area contributed by atoms with E-state index in [2.05, 4.69) is 27.2 Å². The molecule has 0 aliphatic heterocycles. The van der Waals surface area contributed by atoms with Crippen LogP contribution in [-0.2, 0) is 11.2 Å². The summed E-state index contributed by atoms with van der Waals surface area (Å²) in [7, 11) is 0. The second-order valence-corrected chi connectivity index (χ2v) is 5.63. The molecule has 2 aromatic heterocycles. The van der Waals surface area contributed by atoms with Crippen LogP contribution in [0.1, 0.15) is 37.9 Å². The van der Waals surface area contributed by atoms with E-state index >= 15 is 0 Å². The molecule has 0 bridgehead atoms. The quantitative estimate of drug-likeness (QED) is 0.853. The molecule has 23 heavy (non-hydrogen) atoms. The lowest BCUT2D eigenvalue weighted by atomic mass is 10.1. The van der Waals surface area contributed by atoms with Crippen LogP contribution in [0, 0.1) is 6.92 Å². The van der Waals surface area contributed by atoms with Crippen LogP contribution in [-0.4, -0.2) is 26.9 Å². The smallest absolute Gasteiger partial charge is 0.255 e. The molecule has 0 aromatic carbocycles. The summed E-state index contributed by atoms with van der Waals surface area (Å²) in [6, 6.07) is 5.50. The summed E-state index contributed by atoms with van der Waals surface area (Å²) in [5, 5.41) is 2.90. The van der Waals surface area contributed by atoms with E-state index in [-0.39, 0.29) is 23.9 Å². The summed E-state index contributed by atoms with van der Waals surface area (Å²) in [6.07, 6.45) is 3.59. The molecule has 6 heteroatoms. The zero-order valence-electron chi connectivity index (χ0n) is 13.7. The predicted molar refractivity (Wildman–Crippen MR) is 89.0 cm³/mol. The van der Waals surface area contributed by atoms with Crippen molar-refractivity contribution >= 4 is 5.91 Å². The zero-order valence-corrected chi connectivity index (χ0v) is 13.7. The molecule has 0 aliphatic rings. The highest BCUT2D eigenvalue weighted by atomic mass is 16.2. The van der Waals surface area contributed by atoms with Crippen molar-refractivity contribution in [3.8, 4) is 11.5 Å². The highest BCUT2D eigenvalue weighted by Gasteiger charge is 2.15. The summed E-state index contributed by atoms with van der Waals surface area (Å²) in [4.78, 5) is 35.6. The molecule has 1 atom stereocenters. The maximum atomic E-state index is 12.3. The molecule has 1 amide bonds. The fourth-order valence-electron chi connectivity index (χ4n) is 2.43. The van der Waals surface area contributed by atoms with E-state index in [4.69, 9.17) is 0 Å². The van der Waals surface area contributed by atoms with E-state index < -0.39 is 0 Å². The SMILES string of the molecule is CCC[C@H](C)NC(=O)Cc1c(C)nc(-c2ccccn2)[nH]c1=O. The monoisotopic (exact) mass is 314 g/mol. The zero-order chi connectivity index (χ0) is 16.8. The molecule has 122 valence electrons. The molecular formula is C17H22N4O2. The normalized spacial score (nSPS) is 12.0. The van der Waals surface area contributed by atoms with Gasteiger partial charge in [-0.2, -0.15) is 0 Å². The van der Waals surface area contributed by atoms with Crippen LogP contribution >= 0.6 is 0 Å². The Morgan fingerprint density at radius 3 is 2.78 bits per heavy atom. The van der Waals surface area contributed by atoms with Gasteiger partial charge >= 0.3 is 0 Å². The van der Waals surface area contributed by atoms with Crippen LogP contribution in [0.2, 0.25) is 0 Å². The lowest BCUT2D eigenvalue weighted by Crippen LogP contribution is -2.35. The highest BCUT2D eigenvalue weighted by Crippen LogP contribution is 2.11. The molecule has 2 N–H and O–H groups in total. The Hall–Kier alpha value is -2.50. The summed E-state index contributed by atoms with van der Waals surface area (Å²) in [5.74, 6) is 0.253. The number of hydrogen-bond donors (Lipinski definition) is 2. The van der Waals surface area contributed by atoms with Gasteiger partial charge in [-0.3, -0.25) is 14.6 Å². The number of rotatable bonds is 6. The first-order valence-electron chi connectivity index (χ1n) is 7.81. The van der Waals surface area contributed by atoms with Crippen molar-refractivity contribution in [1.82, 2.24) is 20.3 Å². The van der Waals surface area contributed by atoms with Gasteiger partial charge in [-0.25, -0.2) is 4.98 Å². The lowest BCUT2D eigenvalue weighted by molar-refractivity contribution is -0.121. The Balaban J connectivity index is 2.18. The van der Waals surface area contributed by atoms with Gasteiger partial charge in [-0.15, -0.1) is 0 Å². The number of hydrogen-bond acceptors (Lipinski definition) is 4. The second kappa shape index (κ2) is 7.67. The van der Waals surface area contributed by atoms with Crippen LogP contribution in [0.4, 0.5) is 0 Å². The Morgan fingerprint density at radius 1 is 1.39 bits per heavy atom. The minimum Gasteiger partial charge on any atom is -0.353 e. The van der Waals surface area contributed by atoms with Gasteiger partial charge in [0.2, 0.25) is 5.91 Å². The van der Waals surface area contributed by atoms with Crippen LogP contribution in [0.3, 0.4) is 0 Å². The van der Waals surface area contributed by atoms with Crippen LogP contribution in [0.5, 0.6) is 0 Å². The van der Waals surface area contributed by atoms with Gasteiger partial charge < -0.3 is 10.3 Å². The van der Waals surface area contributed by atoms with Crippen molar-refractivity contribution in [1.29, 1.82) is 0 Å². The molecule has 0 radical (unpaired) electrons. The Morgan fingerprint density at radius 2 is 2.17 bits per heavy atom. The third-order valence-electron chi connectivity index (χ3n) is 3.60. The molecule has 2 aromatic rings. The van der Waals surface area contributed by atoms with Gasteiger partial charge in [0.1, 0.15) is 5.69 Å². The van der Waals surface area contributed by atoms with Gasteiger partial charge in [-0.1, -0.05) is 19.4 Å². The number of aromatic amines is 1. The highest BCUT2D eigenvalue weighted by molar-refractivity contribution is 5.79. The number of nitrogens with one attached hydrogen (secondary N) is 2. The number of carbonyl (C=O) groups is 1. The van der Waals surface area contributed by atoms with Gasteiger partial charge in [0.15, 0.2) is 5.82 Å². The number of aryl methyl sites for hydroxylation is 1. The topological polar surface area (TPSA) is 87.7 Å². The fourth-order valence-corrected chi connectivity index (χ4v) is 2.43. The molecule has 0 saturated heterocycles. The van der Waals surface area contributed by atoms with Gasteiger partial charge in [0.05, 0.1) is 6.42 Å². The van der Waals surface area contributed by atoms with Crippen LogP contribution < -0.4 is 10.9 Å². The van der Waals surface area contributed by atoms with Crippen molar-refractivity contribution in [2.75, 3.05) is 0 Å². The van der Waals surface area contributed by atoms with E-state index in [0.717, 1.165) is 12.8 Å². The van der Waals surface area contributed by atoms with E-state index in [0.29, 0.717) is 22.8 Å².